The lowest BCUT2D eigenvalue weighted by Crippen LogP contribution is -2.38. The summed E-state index contributed by atoms with van der Waals surface area (Å²) < 4.78 is 29.5. The zero-order valence-electron chi connectivity index (χ0n) is 19.5. The van der Waals surface area contributed by atoms with Gasteiger partial charge in [-0.05, 0) is 51.2 Å². The van der Waals surface area contributed by atoms with Crippen LogP contribution in [0.4, 0.5) is 11.5 Å². The van der Waals surface area contributed by atoms with Crippen LogP contribution in [-0.2, 0) is 10.0 Å². The summed E-state index contributed by atoms with van der Waals surface area (Å²) in [5.41, 5.74) is 4.21. The van der Waals surface area contributed by atoms with Gasteiger partial charge >= 0.3 is 0 Å². The monoisotopic (exact) mass is 476 g/mol. The molecule has 3 heterocycles. The largest absolute Gasteiger partial charge is 0.340 e. The number of likely N-dealkylation sites (N-methyl/N-ethyl adjacent to an activating group) is 2. The van der Waals surface area contributed by atoms with E-state index in [9.17, 15) is 8.42 Å². The maximum Gasteiger partial charge on any atom is 0.243 e. The number of nitrogens with one attached hydrogen (secondary N) is 1. The van der Waals surface area contributed by atoms with E-state index in [2.05, 4.69) is 15.3 Å². The number of hydrogen-bond donors (Lipinski definition) is 1. The molecule has 0 bridgehead atoms. The fourth-order valence-electron chi connectivity index (χ4n) is 4.36. The second kappa shape index (κ2) is 8.83. The number of aromatic nitrogens is 3. The Hall–Kier alpha value is -3.27. The minimum Gasteiger partial charge on any atom is -0.340 e. The van der Waals surface area contributed by atoms with E-state index < -0.39 is 10.0 Å². The summed E-state index contributed by atoms with van der Waals surface area (Å²) in [5.74, 6) is 0.749. The van der Waals surface area contributed by atoms with Crippen molar-refractivity contribution in [3.8, 4) is 11.3 Å². The van der Waals surface area contributed by atoms with Crippen molar-refractivity contribution in [2.24, 2.45) is 0 Å². The first-order valence-corrected chi connectivity index (χ1v) is 12.7. The molecule has 5 rings (SSSR count). The van der Waals surface area contributed by atoms with E-state index in [0.29, 0.717) is 0 Å². The summed E-state index contributed by atoms with van der Waals surface area (Å²) in [6, 6.07) is 20.7. The average Bonchev–Trinajstić information content (AvgIpc) is 3.44. The van der Waals surface area contributed by atoms with Gasteiger partial charge in [0.1, 0.15) is 5.82 Å². The first-order valence-electron chi connectivity index (χ1n) is 11.3. The Kier molecular flexibility index (Phi) is 5.85. The first kappa shape index (κ1) is 22.5. The van der Waals surface area contributed by atoms with Crippen LogP contribution in [-0.4, -0.2) is 65.4 Å². The predicted molar refractivity (Wildman–Crippen MR) is 134 cm³/mol. The molecule has 1 aliphatic rings. The normalized spacial score (nSPS) is 17.0. The van der Waals surface area contributed by atoms with Gasteiger partial charge in [0.05, 0.1) is 16.3 Å². The standard InChI is InChI=1S/C25H28N6O2S/c1-18-15-24-27-23(19-7-5-4-6-8-19)16-25(31(24)28-18)26-20-9-11-22(12-10-20)34(32,33)30(3)21-13-14-29(2)17-21/h4-12,15-16,21,26H,13-14,17H2,1-3H3. The third-order valence-corrected chi connectivity index (χ3v) is 8.23. The highest BCUT2D eigenvalue weighted by Gasteiger charge is 2.31. The van der Waals surface area contributed by atoms with Crippen molar-refractivity contribution in [2.75, 3.05) is 32.5 Å². The van der Waals surface area contributed by atoms with E-state index in [-0.39, 0.29) is 10.9 Å². The minimum atomic E-state index is -3.56. The molecular weight excluding hydrogens is 448 g/mol. The summed E-state index contributed by atoms with van der Waals surface area (Å²) in [6.07, 6.45) is 0.844. The summed E-state index contributed by atoms with van der Waals surface area (Å²) in [5, 5.41) is 7.94. The Morgan fingerprint density at radius 3 is 2.47 bits per heavy atom. The van der Waals surface area contributed by atoms with Crippen molar-refractivity contribution < 1.29 is 8.42 Å². The van der Waals surface area contributed by atoms with Crippen molar-refractivity contribution >= 4 is 27.2 Å². The molecule has 1 atom stereocenters. The Bertz CT molecular complexity index is 1420. The number of rotatable bonds is 6. The molecule has 1 N–H and O–H groups in total. The highest BCUT2D eigenvalue weighted by atomic mass is 32.2. The average molecular weight is 477 g/mol. The number of hydrogen-bond acceptors (Lipinski definition) is 6. The van der Waals surface area contributed by atoms with E-state index in [0.717, 1.165) is 53.6 Å². The van der Waals surface area contributed by atoms with Crippen LogP contribution in [0.1, 0.15) is 12.1 Å². The summed E-state index contributed by atoms with van der Waals surface area (Å²) >= 11 is 0. The second-order valence-electron chi connectivity index (χ2n) is 8.82. The molecule has 1 unspecified atom stereocenters. The van der Waals surface area contributed by atoms with Crippen LogP contribution in [0.2, 0.25) is 0 Å². The predicted octanol–water partition coefficient (Wildman–Crippen LogP) is 3.77. The van der Waals surface area contributed by atoms with Crippen LogP contribution in [0, 0.1) is 6.92 Å². The Labute approximate surface area is 199 Å². The van der Waals surface area contributed by atoms with Crippen molar-refractivity contribution in [3.63, 3.8) is 0 Å². The summed E-state index contributed by atoms with van der Waals surface area (Å²) in [6.45, 7) is 3.59. The van der Waals surface area contributed by atoms with Gasteiger partial charge in [-0.25, -0.2) is 13.4 Å². The number of sulfonamides is 1. The molecule has 34 heavy (non-hydrogen) atoms. The smallest absolute Gasteiger partial charge is 0.243 e. The van der Waals surface area contributed by atoms with E-state index >= 15 is 0 Å². The van der Waals surface area contributed by atoms with E-state index in [1.165, 1.54) is 4.31 Å². The Morgan fingerprint density at radius 2 is 1.79 bits per heavy atom. The zero-order chi connectivity index (χ0) is 23.9. The molecule has 4 aromatic rings. The van der Waals surface area contributed by atoms with Crippen LogP contribution in [0.25, 0.3) is 16.9 Å². The summed E-state index contributed by atoms with van der Waals surface area (Å²) in [7, 11) is 0.128. The van der Waals surface area contributed by atoms with Gasteiger partial charge < -0.3 is 10.2 Å². The third-order valence-electron chi connectivity index (χ3n) is 6.30. The number of benzene rings is 2. The Balaban J connectivity index is 1.43. The van der Waals surface area contributed by atoms with Crippen LogP contribution in [0.3, 0.4) is 0 Å². The van der Waals surface area contributed by atoms with Gasteiger partial charge in [0.25, 0.3) is 0 Å². The van der Waals surface area contributed by atoms with Crippen LogP contribution >= 0.6 is 0 Å². The second-order valence-corrected chi connectivity index (χ2v) is 10.8. The highest BCUT2D eigenvalue weighted by Crippen LogP contribution is 2.27. The number of likely N-dealkylation sites (tertiary alicyclic amines) is 1. The van der Waals surface area contributed by atoms with Gasteiger partial charge in [-0.15, -0.1) is 0 Å². The SMILES string of the molecule is Cc1cc2nc(-c3ccccc3)cc(Nc3ccc(S(=O)(=O)N(C)C4CCN(C)C4)cc3)n2n1. The van der Waals surface area contributed by atoms with E-state index in [4.69, 9.17) is 4.98 Å². The molecule has 0 spiro atoms. The quantitative estimate of drug-likeness (QED) is 0.456. The van der Waals surface area contributed by atoms with Crippen molar-refractivity contribution in [1.82, 2.24) is 23.8 Å². The molecule has 1 fully saturated rings. The maximum atomic E-state index is 13.1. The van der Waals surface area contributed by atoms with Crippen LogP contribution in [0.15, 0.2) is 71.6 Å². The first-order chi connectivity index (χ1) is 16.3. The lowest BCUT2D eigenvalue weighted by atomic mass is 10.1. The van der Waals surface area contributed by atoms with Gasteiger partial charge in [0.15, 0.2) is 5.65 Å². The zero-order valence-corrected chi connectivity index (χ0v) is 20.3. The molecule has 8 nitrogen and oxygen atoms in total. The van der Waals surface area contributed by atoms with Gasteiger partial charge in [-0.3, -0.25) is 0 Å². The molecule has 1 saturated heterocycles. The van der Waals surface area contributed by atoms with Crippen LogP contribution in [0.5, 0.6) is 0 Å². The number of fused-ring (bicyclic) bond motifs is 1. The van der Waals surface area contributed by atoms with E-state index in [1.807, 2.05) is 56.4 Å². The molecule has 9 heteroatoms. The molecule has 0 amide bonds. The van der Waals surface area contributed by atoms with Crippen molar-refractivity contribution in [3.05, 3.63) is 72.4 Å². The molecule has 0 aliphatic carbocycles. The Morgan fingerprint density at radius 1 is 1.06 bits per heavy atom. The number of nitrogens with zero attached hydrogens (tertiary/aromatic N) is 5. The lowest BCUT2D eigenvalue weighted by Gasteiger charge is -2.24. The third kappa shape index (κ3) is 4.29. The van der Waals surface area contributed by atoms with Gasteiger partial charge in [0, 0.05) is 43.0 Å². The fraction of sp³-hybridized carbons (Fsp3) is 0.280. The molecule has 176 valence electrons. The number of aryl methyl sites for hydroxylation is 1. The van der Waals surface area contributed by atoms with Gasteiger partial charge in [0.2, 0.25) is 10.0 Å². The molecule has 1 aliphatic heterocycles. The molecule has 2 aromatic heterocycles. The van der Waals surface area contributed by atoms with Crippen molar-refractivity contribution in [1.29, 1.82) is 0 Å². The summed E-state index contributed by atoms with van der Waals surface area (Å²) in [4.78, 5) is 7.19. The lowest BCUT2D eigenvalue weighted by molar-refractivity contribution is 0.345. The maximum absolute atomic E-state index is 13.1. The van der Waals surface area contributed by atoms with Gasteiger partial charge in [-0.1, -0.05) is 30.3 Å². The van der Waals surface area contributed by atoms with Gasteiger partial charge in [-0.2, -0.15) is 13.9 Å². The topological polar surface area (TPSA) is 82.8 Å². The molecule has 2 aromatic carbocycles. The van der Waals surface area contributed by atoms with Crippen LogP contribution < -0.4 is 5.32 Å². The molecular formula is C25H28N6O2S. The van der Waals surface area contributed by atoms with Crippen molar-refractivity contribution in [2.45, 2.75) is 24.3 Å². The fourth-order valence-corrected chi connectivity index (χ4v) is 5.74. The number of anilines is 2. The van der Waals surface area contributed by atoms with E-state index in [1.54, 1.807) is 35.8 Å². The highest BCUT2D eigenvalue weighted by molar-refractivity contribution is 7.89. The molecule has 0 saturated carbocycles. The molecule has 0 radical (unpaired) electrons. The minimum absolute atomic E-state index is 0.00244.